The first kappa shape index (κ1) is 26.0. The molecule has 0 aliphatic rings. The number of benzene rings is 2. The molecule has 174 valence electrons. The molecule has 32 heavy (non-hydrogen) atoms. The predicted octanol–water partition coefficient (Wildman–Crippen LogP) is 3.54. The van der Waals surface area contributed by atoms with Gasteiger partial charge >= 0.3 is 0 Å². The molecule has 2 aromatic carbocycles. The quantitative estimate of drug-likeness (QED) is 0.601. The lowest BCUT2D eigenvalue weighted by molar-refractivity contribution is -0.139. The van der Waals surface area contributed by atoms with Gasteiger partial charge in [0, 0.05) is 29.2 Å². The number of likely N-dealkylation sites (N-methyl/N-ethyl adjacent to an activating group) is 1. The van der Waals surface area contributed by atoms with Gasteiger partial charge in [-0.25, -0.2) is 8.42 Å². The van der Waals surface area contributed by atoms with Crippen LogP contribution in [0.2, 0.25) is 10.0 Å². The topological polar surface area (TPSA) is 86.8 Å². The van der Waals surface area contributed by atoms with E-state index in [1.807, 2.05) is 13.0 Å². The summed E-state index contributed by atoms with van der Waals surface area (Å²) in [6.45, 7) is 4.63. The van der Waals surface area contributed by atoms with Gasteiger partial charge in [0.05, 0.1) is 11.9 Å². The zero-order valence-electron chi connectivity index (χ0n) is 18.6. The number of nitrogens with one attached hydrogen (secondary N) is 1. The Morgan fingerprint density at radius 1 is 1.09 bits per heavy atom. The van der Waals surface area contributed by atoms with Crippen LogP contribution in [0.25, 0.3) is 0 Å². The Morgan fingerprint density at radius 3 is 2.22 bits per heavy atom. The number of amides is 2. The minimum Gasteiger partial charge on any atom is -0.357 e. The number of carbonyl (C=O) groups excluding carboxylic acids is 2. The van der Waals surface area contributed by atoms with Gasteiger partial charge in [0.2, 0.25) is 21.8 Å². The van der Waals surface area contributed by atoms with Crippen molar-refractivity contribution >= 4 is 50.7 Å². The fraction of sp³-hybridized carbons (Fsp3) is 0.364. The van der Waals surface area contributed by atoms with E-state index in [-0.39, 0.29) is 6.54 Å². The van der Waals surface area contributed by atoms with Gasteiger partial charge in [-0.15, -0.1) is 0 Å². The second kappa shape index (κ2) is 10.6. The van der Waals surface area contributed by atoms with Crippen molar-refractivity contribution in [3.63, 3.8) is 0 Å². The highest BCUT2D eigenvalue weighted by Crippen LogP contribution is 2.28. The summed E-state index contributed by atoms with van der Waals surface area (Å²) in [6.07, 6.45) is 1.04. The fourth-order valence-corrected chi connectivity index (χ4v) is 4.64. The zero-order chi connectivity index (χ0) is 24.2. The van der Waals surface area contributed by atoms with E-state index in [9.17, 15) is 18.0 Å². The molecule has 2 amide bonds. The molecule has 0 saturated heterocycles. The number of halogens is 2. The molecule has 10 heteroatoms. The third-order valence-electron chi connectivity index (χ3n) is 5.12. The van der Waals surface area contributed by atoms with E-state index in [0.29, 0.717) is 26.9 Å². The van der Waals surface area contributed by atoms with Gasteiger partial charge in [-0.1, -0.05) is 41.4 Å². The summed E-state index contributed by atoms with van der Waals surface area (Å²) >= 11 is 12.6. The molecule has 0 fully saturated rings. The fourth-order valence-electron chi connectivity index (χ4n) is 3.23. The number of sulfonamides is 1. The number of hydrogen-bond acceptors (Lipinski definition) is 4. The van der Waals surface area contributed by atoms with Crippen molar-refractivity contribution in [1.29, 1.82) is 0 Å². The number of anilines is 1. The predicted molar refractivity (Wildman–Crippen MR) is 129 cm³/mol. The highest BCUT2D eigenvalue weighted by molar-refractivity contribution is 7.92. The Morgan fingerprint density at radius 2 is 1.69 bits per heavy atom. The molecule has 2 rings (SSSR count). The zero-order valence-corrected chi connectivity index (χ0v) is 21.0. The maximum absolute atomic E-state index is 13.4. The van der Waals surface area contributed by atoms with Crippen molar-refractivity contribution in [1.82, 2.24) is 10.2 Å². The van der Waals surface area contributed by atoms with E-state index in [4.69, 9.17) is 23.2 Å². The third-order valence-corrected chi connectivity index (χ3v) is 6.95. The van der Waals surface area contributed by atoms with Crippen molar-refractivity contribution in [3.8, 4) is 0 Å². The molecular formula is C22H27Cl2N3O4S. The van der Waals surface area contributed by atoms with Crippen LogP contribution in [0, 0.1) is 13.8 Å². The smallest absolute Gasteiger partial charge is 0.244 e. The van der Waals surface area contributed by atoms with Crippen LogP contribution < -0.4 is 9.62 Å². The van der Waals surface area contributed by atoms with Crippen LogP contribution in [0.1, 0.15) is 23.6 Å². The Labute approximate surface area is 199 Å². The molecule has 0 saturated carbocycles. The van der Waals surface area contributed by atoms with Gasteiger partial charge in [0.25, 0.3) is 0 Å². The van der Waals surface area contributed by atoms with Gasteiger partial charge < -0.3 is 10.2 Å². The van der Waals surface area contributed by atoms with Crippen LogP contribution in [0.4, 0.5) is 5.69 Å². The lowest BCUT2D eigenvalue weighted by Crippen LogP contribution is -2.50. The van der Waals surface area contributed by atoms with E-state index in [1.54, 1.807) is 44.2 Å². The first-order valence-corrected chi connectivity index (χ1v) is 12.5. The Balaban J connectivity index is 2.49. The number of nitrogens with zero attached hydrogens (tertiary/aromatic N) is 2. The van der Waals surface area contributed by atoms with E-state index >= 15 is 0 Å². The van der Waals surface area contributed by atoms with Crippen LogP contribution in [0.3, 0.4) is 0 Å². The molecule has 0 radical (unpaired) electrons. The maximum atomic E-state index is 13.4. The maximum Gasteiger partial charge on any atom is 0.244 e. The minimum atomic E-state index is -3.79. The second-order valence-electron chi connectivity index (χ2n) is 7.57. The van der Waals surface area contributed by atoms with E-state index in [2.05, 4.69) is 5.32 Å². The molecule has 0 aromatic heterocycles. The molecule has 1 atom stereocenters. The number of hydrogen-bond donors (Lipinski definition) is 1. The first-order valence-electron chi connectivity index (χ1n) is 9.85. The molecule has 0 aliphatic carbocycles. The lowest BCUT2D eigenvalue weighted by atomic mass is 10.1. The average Bonchev–Trinajstić information content (AvgIpc) is 2.71. The van der Waals surface area contributed by atoms with Crippen molar-refractivity contribution < 1.29 is 18.0 Å². The molecule has 0 bridgehead atoms. The normalized spacial score (nSPS) is 12.2. The van der Waals surface area contributed by atoms with Crippen molar-refractivity contribution in [3.05, 3.63) is 63.1 Å². The van der Waals surface area contributed by atoms with Gasteiger partial charge in [0.1, 0.15) is 12.6 Å². The van der Waals surface area contributed by atoms with Crippen LogP contribution >= 0.6 is 23.2 Å². The SMILES string of the molecule is CNC(=O)[C@H](C)N(Cc1c(Cl)cccc1Cl)C(=O)CN(c1cc(C)ccc1C)S(C)(=O)=O. The molecule has 7 nitrogen and oxygen atoms in total. The van der Waals surface area contributed by atoms with Crippen molar-refractivity contribution in [2.24, 2.45) is 0 Å². The molecule has 0 heterocycles. The molecule has 2 aromatic rings. The first-order chi connectivity index (χ1) is 14.9. The molecule has 0 aliphatic heterocycles. The summed E-state index contributed by atoms with van der Waals surface area (Å²) in [5.74, 6) is -0.970. The Kier molecular flexibility index (Phi) is 8.56. The average molecular weight is 500 g/mol. The minimum absolute atomic E-state index is 0.0592. The van der Waals surface area contributed by atoms with Gasteiger partial charge in [-0.3, -0.25) is 13.9 Å². The second-order valence-corrected chi connectivity index (χ2v) is 10.3. The summed E-state index contributed by atoms with van der Waals surface area (Å²) < 4.78 is 26.3. The van der Waals surface area contributed by atoms with Crippen LogP contribution in [-0.4, -0.2) is 51.0 Å². The van der Waals surface area contributed by atoms with Gasteiger partial charge in [-0.2, -0.15) is 0 Å². The monoisotopic (exact) mass is 499 g/mol. The highest BCUT2D eigenvalue weighted by Gasteiger charge is 2.31. The number of aryl methyl sites for hydroxylation is 2. The van der Waals surface area contributed by atoms with Crippen molar-refractivity contribution in [2.45, 2.75) is 33.4 Å². The molecule has 0 spiro atoms. The van der Waals surface area contributed by atoms with E-state index in [0.717, 1.165) is 16.1 Å². The Hall–Kier alpha value is -2.29. The third kappa shape index (κ3) is 6.15. The number of carbonyl (C=O) groups is 2. The highest BCUT2D eigenvalue weighted by atomic mass is 35.5. The van der Waals surface area contributed by atoms with Crippen LogP contribution in [0.5, 0.6) is 0 Å². The summed E-state index contributed by atoms with van der Waals surface area (Å²) in [5, 5.41) is 3.20. The van der Waals surface area contributed by atoms with Gasteiger partial charge in [-0.05, 0) is 50.1 Å². The number of rotatable bonds is 8. The summed E-state index contributed by atoms with van der Waals surface area (Å²) in [4.78, 5) is 27.1. The molecule has 1 N–H and O–H groups in total. The van der Waals surface area contributed by atoms with Crippen LogP contribution in [-0.2, 0) is 26.2 Å². The molecular weight excluding hydrogens is 473 g/mol. The van der Waals surface area contributed by atoms with Gasteiger partial charge in [0.15, 0.2) is 0 Å². The summed E-state index contributed by atoms with van der Waals surface area (Å²) in [6, 6.07) is 9.42. The van der Waals surface area contributed by atoms with Crippen LogP contribution in [0.15, 0.2) is 36.4 Å². The standard InChI is InChI=1S/C22H27Cl2N3O4S/c1-14-9-10-15(2)20(11-14)27(32(5,30)31)13-21(28)26(16(3)22(29)25-4)12-17-18(23)7-6-8-19(17)24/h6-11,16H,12-13H2,1-5H3,(H,25,29)/t16-/m0/s1. The summed E-state index contributed by atoms with van der Waals surface area (Å²) in [5.41, 5.74) is 2.43. The summed E-state index contributed by atoms with van der Waals surface area (Å²) in [7, 11) is -2.33. The molecule has 0 unspecified atom stereocenters. The van der Waals surface area contributed by atoms with E-state index < -0.39 is 34.4 Å². The largest absolute Gasteiger partial charge is 0.357 e. The Bertz CT molecular complexity index is 1100. The van der Waals surface area contributed by atoms with Crippen molar-refractivity contribution in [2.75, 3.05) is 24.2 Å². The van der Waals surface area contributed by atoms with E-state index in [1.165, 1.54) is 11.9 Å². The lowest BCUT2D eigenvalue weighted by Gasteiger charge is -2.32.